The smallest absolute Gasteiger partial charge is 0.0343 e. The average Bonchev–Trinajstić information content (AvgIpc) is 2.25. The minimum absolute atomic E-state index is 0.625. The molecule has 1 aromatic carbocycles. The summed E-state index contributed by atoms with van der Waals surface area (Å²) in [5, 5.41) is 3.62. The largest absolute Gasteiger partial charge is 0.399 e. The molecule has 0 saturated heterocycles. The Morgan fingerprint density at radius 3 is 2.44 bits per heavy atom. The van der Waals surface area contributed by atoms with Crippen molar-refractivity contribution < 1.29 is 0 Å². The van der Waals surface area contributed by atoms with Gasteiger partial charge in [0.05, 0.1) is 0 Å². The lowest BCUT2D eigenvalue weighted by Crippen LogP contribution is -2.32. The van der Waals surface area contributed by atoms with Crippen molar-refractivity contribution in [3.8, 4) is 0 Å². The maximum absolute atomic E-state index is 5.68. The predicted molar refractivity (Wildman–Crippen MR) is 70.4 cm³/mol. The highest BCUT2D eigenvalue weighted by Crippen LogP contribution is 2.30. The van der Waals surface area contributed by atoms with E-state index in [1.54, 1.807) is 0 Å². The zero-order chi connectivity index (χ0) is 11.5. The van der Waals surface area contributed by atoms with Crippen molar-refractivity contribution in [3.63, 3.8) is 0 Å². The summed E-state index contributed by atoms with van der Waals surface area (Å²) in [7, 11) is 0. The zero-order valence-electron chi connectivity index (χ0n) is 10.2. The third kappa shape index (κ3) is 2.69. The highest BCUT2D eigenvalue weighted by Gasteiger charge is 2.24. The topological polar surface area (TPSA) is 38.0 Å². The summed E-state index contributed by atoms with van der Waals surface area (Å²) in [4.78, 5) is 0. The van der Waals surface area contributed by atoms with Gasteiger partial charge in [0, 0.05) is 17.4 Å². The molecule has 16 heavy (non-hydrogen) atoms. The van der Waals surface area contributed by atoms with Gasteiger partial charge in [-0.1, -0.05) is 13.8 Å². The molecular weight excluding hydrogens is 196 g/mol. The molecule has 0 amide bonds. The van der Waals surface area contributed by atoms with Crippen molar-refractivity contribution >= 4 is 11.4 Å². The summed E-state index contributed by atoms with van der Waals surface area (Å²) in [6.07, 6.45) is 3.97. The normalized spacial score (nSPS) is 30.0. The molecule has 3 atom stereocenters. The molecule has 2 nitrogen and oxygen atoms in total. The van der Waals surface area contributed by atoms with E-state index in [9.17, 15) is 0 Å². The van der Waals surface area contributed by atoms with Gasteiger partial charge in [-0.05, 0) is 55.4 Å². The zero-order valence-corrected chi connectivity index (χ0v) is 10.2. The molecule has 1 aliphatic rings. The number of nitrogen functional groups attached to an aromatic ring is 1. The van der Waals surface area contributed by atoms with Gasteiger partial charge in [0.15, 0.2) is 0 Å². The Bertz CT molecular complexity index is 331. The Morgan fingerprint density at radius 1 is 1.12 bits per heavy atom. The number of nitrogens with two attached hydrogens (primary N) is 1. The van der Waals surface area contributed by atoms with Gasteiger partial charge in [0.2, 0.25) is 0 Å². The molecule has 1 saturated carbocycles. The van der Waals surface area contributed by atoms with E-state index < -0.39 is 0 Å². The second kappa shape index (κ2) is 4.77. The van der Waals surface area contributed by atoms with Gasteiger partial charge in [-0.3, -0.25) is 0 Å². The first kappa shape index (κ1) is 11.3. The third-order valence-electron chi connectivity index (χ3n) is 3.69. The number of rotatable bonds is 2. The van der Waals surface area contributed by atoms with Crippen molar-refractivity contribution in [2.75, 3.05) is 11.1 Å². The summed E-state index contributed by atoms with van der Waals surface area (Å²) in [5.74, 6) is 1.65. The van der Waals surface area contributed by atoms with Crippen LogP contribution in [0.3, 0.4) is 0 Å². The van der Waals surface area contributed by atoms with E-state index in [1.165, 1.54) is 24.9 Å². The molecule has 1 aliphatic carbocycles. The fourth-order valence-corrected chi connectivity index (χ4v) is 2.67. The summed E-state index contributed by atoms with van der Waals surface area (Å²) in [6, 6.07) is 8.68. The average molecular weight is 218 g/mol. The Morgan fingerprint density at radius 2 is 1.81 bits per heavy atom. The molecule has 0 aromatic heterocycles. The number of anilines is 2. The van der Waals surface area contributed by atoms with Gasteiger partial charge < -0.3 is 11.1 Å². The Labute approximate surface area is 98.2 Å². The molecule has 1 aromatic rings. The fraction of sp³-hybridized carbons (Fsp3) is 0.571. The van der Waals surface area contributed by atoms with Crippen LogP contribution >= 0.6 is 0 Å². The standard InChI is InChI=1S/C14H22N2/c1-10-3-8-14(11(2)9-10)16-13-6-4-12(15)5-7-13/h4-7,10-11,14,16H,3,8-9,15H2,1-2H3. The first-order valence-corrected chi connectivity index (χ1v) is 6.27. The highest BCUT2D eigenvalue weighted by molar-refractivity contribution is 5.51. The number of nitrogens with one attached hydrogen (secondary N) is 1. The van der Waals surface area contributed by atoms with Crippen LogP contribution in [-0.2, 0) is 0 Å². The van der Waals surface area contributed by atoms with Gasteiger partial charge >= 0.3 is 0 Å². The van der Waals surface area contributed by atoms with Crippen LogP contribution in [0.2, 0.25) is 0 Å². The van der Waals surface area contributed by atoms with E-state index in [0.29, 0.717) is 6.04 Å². The lowest BCUT2D eigenvalue weighted by molar-refractivity contribution is 0.276. The van der Waals surface area contributed by atoms with Crippen LogP contribution in [0.4, 0.5) is 11.4 Å². The fourth-order valence-electron chi connectivity index (χ4n) is 2.67. The minimum atomic E-state index is 0.625. The molecule has 0 heterocycles. The molecule has 0 aliphatic heterocycles. The van der Waals surface area contributed by atoms with Gasteiger partial charge in [0.1, 0.15) is 0 Å². The molecule has 88 valence electrons. The van der Waals surface area contributed by atoms with Crippen molar-refractivity contribution in [2.24, 2.45) is 11.8 Å². The second-order valence-corrected chi connectivity index (χ2v) is 5.27. The Balaban J connectivity index is 1.96. The highest BCUT2D eigenvalue weighted by atomic mass is 14.9. The van der Waals surface area contributed by atoms with Crippen LogP contribution in [0.1, 0.15) is 33.1 Å². The van der Waals surface area contributed by atoms with E-state index in [2.05, 4.69) is 31.3 Å². The van der Waals surface area contributed by atoms with Crippen molar-refractivity contribution in [2.45, 2.75) is 39.2 Å². The predicted octanol–water partition coefficient (Wildman–Crippen LogP) is 3.51. The van der Waals surface area contributed by atoms with Crippen molar-refractivity contribution in [1.82, 2.24) is 0 Å². The van der Waals surface area contributed by atoms with Crippen LogP contribution in [0.5, 0.6) is 0 Å². The summed E-state index contributed by atoms with van der Waals surface area (Å²) >= 11 is 0. The first-order valence-electron chi connectivity index (χ1n) is 6.27. The van der Waals surface area contributed by atoms with Gasteiger partial charge in [0.25, 0.3) is 0 Å². The van der Waals surface area contributed by atoms with Crippen LogP contribution in [-0.4, -0.2) is 6.04 Å². The quantitative estimate of drug-likeness (QED) is 0.745. The lowest BCUT2D eigenvalue weighted by atomic mass is 9.80. The first-order chi connectivity index (χ1) is 7.65. The van der Waals surface area contributed by atoms with E-state index >= 15 is 0 Å². The molecule has 0 bridgehead atoms. The molecule has 0 spiro atoms. The SMILES string of the molecule is CC1CCC(Nc2ccc(N)cc2)C(C)C1. The molecule has 3 N–H and O–H groups in total. The monoisotopic (exact) mass is 218 g/mol. The van der Waals surface area contributed by atoms with E-state index in [0.717, 1.165) is 17.5 Å². The van der Waals surface area contributed by atoms with Crippen LogP contribution < -0.4 is 11.1 Å². The maximum atomic E-state index is 5.68. The second-order valence-electron chi connectivity index (χ2n) is 5.27. The van der Waals surface area contributed by atoms with Gasteiger partial charge in [-0.25, -0.2) is 0 Å². The minimum Gasteiger partial charge on any atom is -0.399 e. The lowest BCUT2D eigenvalue weighted by Gasteiger charge is -2.33. The van der Waals surface area contributed by atoms with Gasteiger partial charge in [-0.2, -0.15) is 0 Å². The van der Waals surface area contributed by atoms with Crippen LogP contribution in [0, 0.1) is 11.8 Å². The number of hydrogen-bond donors (Lipinski definition) is 2. The Kier molecular flexibility index (Phi) is 3.37. The van der Waals surface area contributed by atoms with Crippen LogP contribution in [0.25, 0.3) is 0 Å². The molecule has 2 rings (SSSR count). The van der Waals surface area contributed by atoms with E-state index in [-0.39, 0.29) is 0 Å². The summed E-state index contributed by atoms with van der Waals surface area (Å²) in [6.45, 7) is 4.71. The van der Waals surface area contributed by atoms with Crippen molar-refractivity contribution in [1.29, 1.82) is 0 Å². The molecule has 0 radical (unpaired) electrons. The molecule has 2 heteroatoms. The van der Waals surface area contributed by atoms with Crippen LogP contribution in [0.15, 0.2) is 24.3 Å². The molecular formula is C14H22N2. The maximum Gasteiger partial charge on any atom is 0.0343 e. The van der Waals surface area contributed by atoms with E-state index in [4.69, 9.17) is 5.73 Å². The van der Waals surface area contributed by atoms with Crippen molar-refractivity contribution in [3.05, 3.63) is 24.3 Å². The number of benzene rings is 1. The molecule has 1 fully saturated rings. The van der Waals surface area contributed by atoms with E-state index in [1.807, 2.05) is 12.1 Å². The number of hydrogen-bond acceptors (Lipinski definition) is 2. The molecule has 3 unspecified atom stereocenters. The summed E-state index contributed by atoms with van der Waals surface area (Å²) in [5.41, 5.74) is 7.70. The Hall–Kier alpha value is -1.18. The van der Waals surface area contributed by atoms with Gasteiger partial charge in [-0.15, -0.1) is 0 Å². The third-order valence-corrected chi connectivity index (χ3v) is 3.69. The summed E-state index contributed by atoms with van der Waals surface area (Å²) < 4.78 is 0.